The lowest BCUT2D eigenvalue weighted by Crippen LogP contribution is -2.21. The van der Waals surface area contributed by atoms with E-state index in [0.29, 0.717) is 16.6 Å². The number of aromatic nitrogens is 8. The Labute approximate surface area is 179 Å². The quantitative estimate of drug-likeness (QED) is 0.239. The van der Waals surface area contributed by atoms with Crippen molar-refractivity contribution in [1.29, 1.82) is 0 Å². The van der Waals surface area contributed by atoms with Crippen LogP contribution in [-0.4, -0.2) is 51.7 Å². The first kappa shape index (κ1) is 20.2. The van der Waals surface area contributed by atoms with Crippen molar-refractivity contribution >= 4 is 29.2 Å². The smallest absolute Gasteiger partial charge is 0.293 e. The first-order chi connectivity index (χ1) is 15.0. The van der Waals surface area contributed by atoms with E-state index in [4.69, 9.17) is 5.73 Å². The number of hydrazone groups is 1. The third-order valence-corrected chi connectivity index (χ3v) is 5.24. The van der Waals surface area contributed by atoms with E-state index in [2.05, 4.69) is 46.0 Å². The molecule has 0 aliphatic heterocycles. The van der Waals surface area contributed by atoms with Gasteiger partial charge in [0.05, 0.1) is 11.4 Å². The summed E-state index contributed by atoms with van der Waals surface area (Å²) in [6.45, 7) is 1.79. The molecule has 1 aromatic carbocycles. The summed E-state index contributed by atoms with van der Waals surface area (Å²) in [6.07, 6.45) is 1.58. The van der Waals surface area contributed by atoms with Crippen LogP contribution < -0.4 is 11.2 Å². The molecule has 0 fully saturated rings. The van der Waals surface area contributed by atoms with Crippen molar-refractivity contribution < 1.29 is 9.42 Å². The van der Waals surface area contributed by atoms with E-state index >= 15 is 0 Å². The molecular formula is C17H17N11O2S. The van der Waals surface area contributed by atoms with Gasteiger partial charge in [-0.2, -0.15) is 9.78 Å². The highest BCUT2D eigenvalue weighted by molar-refractivity contribution is 7.98. The fourth-order valence-corrected chi connectivity index (χ4v) is 3.46. The number of anilines is 1. The van der Waals surface area contributed by atoms with E-state index in [-0.39, 0.29) is 23.1 Å². The first-order valence-electron chi connectivity index (χ1n) is 8.94. The second-order valence-electron chi connectivity index (χ2n) is 6.29. The van der Waals surface area contributed by atoms with Crippen molar-refractivity contribution in [2.24, 2.45) is 12.1 Å². The van der Waals surface area contributed by atoms with Crippen molar-refractivity contribution in [3.8, 4) is 5.82 Å². The third kappa shape index (κ3) is 4.28. The van der Waals surface area contributed by atoms with Crippen LogP contribution in [-0.2, 0) is 12.8 Å². The van der Waals surface area contributed by atoms with Crippen molar-refractivity contribution in [1.82, 2.24) is 45.5 Å². The molecule has 0 bridgehead atoms. The average Bonchev–Trinajstić information content (AvgIpc) is 3.50. The number of aryl methyl sites for hydroxylation is 1. The fraction of sp³-hybridized carbons (Fsp3) is 0.176. The molecule has 0 unspecified atom stereocenters. The Morgan fingerprint density at radius 1 is 1.26 bits per heavy atom. The number of amides is 1. The lowest BCUT2D eigenvalue weighted by atomic mass is 10.1. The molecule has 4 rings (SSSR count). The molecule has 3 aromatic heterocycles. The van der Waals surface area contributed by atoms with E-state index in [1.54, 1.807) is 17.8 Å². The monoisotopic (exact) mass is 439 g/mol. The van der Waals surface area contributed by atoms with Crippen molar-refractivity contribution in [2.45, 2.75) is 17.8 Å². The van der Waals surface area contributed by atoms with Crippen LogP contribution in [0.15, 0.2) is 51.5 Å². The predicted octanol–water partition coefficient (Wildman–Crippen LogP) is 0.807. The standard InChI is InChI=1S/C17H17N11O2S/c1-10(11-6-4-3-5-7-11)20-22-16(29)13-12(8-31-17-23-19-9-27(17)2)28(26-21-13)15-14(18)24-30-25-15/h3-7,9H,8H2,1-2H3,(H2,18,24)(H,22,29)/b20-10-. The van der Waals surface area contributed by atoms with Crippen LogP contribution in [0.3, 0.4) is 0 Å². The average molecular weight is 439 g/mol. The van der Waals surface area contributed by atoms with Gasteiger partial charge in [0.1, 0.15) is 6.33 Å². The van der Waals surface area contributed by atoms with Crippen LogP contribution in [0.2, 0.25) is 0 Å². The van der Waals surface area contributed by atoms with Gasteiger partial charge >= 0.3 is 0 Å². The van der Waals surface area contributed by atoms with Crippen molar-refractivity contribution in [3.63, 3.8) is 0 Å². The van der Waals surface area contributed by atoms with Crippen LogP contribution in [0, 0.1) is 0 Å². The van der Waals surface area contributed by atoms with Gasteiger partial charge in [0.2, 0.25) is 11.6 Å². The molecule has 0 radical (unpaired) electrons. The number of thioether (sulfide) groups is 1. The number of hydrogen-bond donors (Lipinski definition) is 2. The third-order valence-electron chi connectivity index (χ3n) is 4.20. The molecule has 31 heavy (non-hydrogen) atoms. The lowest BCUT2D eigenvalue weighted by Gasteiger charge is -2.06. The van der Waals surface area contributed by atoms with Crippen molar-refractivity contribution in [2.75, 3.05) is 5.73 Å². The van der Waals surface area contributed by atoms with Crippen LogP contribution >= 0.6 is 11.8 Å². The van der Waals surface area contributed by atoms with E-state index in [0.717, 1.165) is 5.56 Å². The van der Waals surface area contributed by atoms with Crippen molar-refractivity contribution in [3.05, 3.63) is 53.6 Å². The van der Waals surface area contributed by atoms with Gasteiger partial charge in [-0.3, -0.25) is 4.79 Å². The van der Waals surface area contributed by atoms with Gasteiger partial charge in [0.25, 0.3) is 5.91 Å². The summed E-state index contributed by atoms with van der Waals surface area (Å²) >= 11 is 1.33. The highest BCUT2D eigenvalue weighted by Gasteiger charge is 2.24. The van der Waals surface area contributed by atoms with Crippen LogP contribution in [0.1, 0.15) is 28.7 Å². The highest BCUT2D eigenvalue weighted by atomic mass is 32.2. The zero-order chi connectivity index (χ0) is 21.8. The number of hydrogen-bond acceptors (Lipinski definition) is 11. The molecule has 0 spiro atoms. The first-order valence-corrected chi connectivity index (χ1v) is 9.93. The van der Waals surface area contributed by atoms with E-state index < -0.39 is 5.91 Å². The SMILES string of the molecule is C/C(=N/NC(=O)c1nnn(-c2nonc2N)c1CSc1nncn1C)c1ccccc1. The minimum atomic E-state index is -0.537. The Kier molecular flexibility index (Phi) is 5.70. The number of carbonyl (C=O) groups excluding carboxylic acids is 1. The maximum Gasteiger partial charge on any atom is 0.293 e. The Hall–Kier alpha value is -4.07. The molecule has 3 N–H and O–H groups in total. The lowest BCUT2D eigenvalue weighted by molar-refractivity contribution is 0.0949. The number of nitrogens with one attached hydrogen (secondary N) is 1. The largest absolute Gasteiger partial charge is 0.378 e. The van der Waals surface area contributed by atoms with Crippen LogP contribution in [0.5, 0.6) is 0 Å². The Morgan fingerprint density at radius 3 is 2.74 bits per heavy atom. The summed E-state index contributed by atoms with van der Waals surface area (Å²) in [5.74, 6) is -0.121. The summed E-state index contributed by atoms with van der Waals surface area (Å²) < 4.78 is 7.70. The van der Waals surface area contributed by atoms with Gasteiger partial charge < -0.3 is 10.3 Å². The van der Waals surface area contributed by atoms with Gasteiger partial charge in [0, 0.05) is 12.8 Å². The maximum absolute atomic E-state index is 12.8. The molecule has 0 saturated carbocycles. The minimum Gasteiger partial charge on any atom is -0.378 e. The summed E-state index contributed by atoms with van der Waals surface area (Å²) in [7, 11) is 1.81. The molecule has 14 heteroatoms. The van der Waals surface area contributed by atoms with Gasteiger partial charge in [-0.15, -0.1) is 15.3 Å². The second-order valence-corrected chi connectivity index (χ2v) is 7.23. The zero-order valence-corrected chi connectivity index (χ0v) is 17.3. The molecule has 0 atom stereocenters. The number of nitrogen functional groups attached to an aromatic ring is 1. The molecule has 0 aliphatic rings. The zero-order valence-electron chi connectivity index (χ0n) is 16.5. The number of nitrogens with zero attached hydrogens (tertiary/aromatic N) is 9. The minimum absolute atomic E-state index is 0.0136. The number of carbonyl (C=O) groups is 1. The number of benzene rings is 1. The van der Waals surface area contributed by atoms with Gasteiger partial charge in [-0.05, 0) is 22.8 Å². The molecule has 1 amide bonds. The summed E-state index contributed by atoms with van der Waals surface area (Å²) in [6, 6.07) is 9.47. The molecule has 158 valence electrons. The Bertz CT molecular complexity index is 1230. The number of rotatable bonds is 7. The van der Waals surface area contributed by atoms with Crippen LogP contribution in [0.4, 0.5) is 5.82 Å². The molecule has 4 aromatic rings. The van der Waals surface area contributed by atoms with E-state index in [1.165, 1.54) is 16.4 Å². The maximum atomic E-state index is 12.8. The van der Waals surface area contributed by atoms with Gasteiger partial charge in [0.15, 0.2) is 10.9 Å². The topological polar surface area (TPSA) is 168 Å². The molecule has 0 aliphatic carbocycles. The highest BCUT2D eigenvalue weighted by Crippen LogP contribution is 2.24. The second kappa shape index (κ2) is 8.74. The molecular weight excluding hydrogens is 422 g/mol. The molecule has 3 heterocycles. The molecule has 13 nitrogen and oxygen atoms in total. The van der Waals surface area contributed by atoms with Crippen LogP contribution in [0.25, 0.3) is 5.82 Å². The Morgan fingerprint density at radius 2 is 2.06 bits per heavy atom. The van der Waals surface area contributed by atoms with Gasteiger partial charge in [-0.1, -0.05) is 47.3 Å². The van der Waals surface area contributed by atoms with E-state index in [1.807, 2.05) is 37.4 Å². The van der Waals surface area contributed by atoms with E-state index in [9.17, 15) is 4.79 Å². The molecule has 0 saturated heterocycles. The van der Waals surface area contributed by atoms with Gasteiger partial charge in [-0.25, -0.2) is 10.1 Å². The Balaban J connectivity index is 1.62. The summed E-state index contributed by atoms with van der Waals surface area (Å²) in [5, 5.41) is 28.0. The summed E-state index contributed by atoms with van der Waals surface area (Å²) in [5.41, 5.74) is 10.3. The predicted molar refractivity (Wildman–Crippen MR) is 110 cm³/mol. The summed E-state index contributed by atoms with van der Waals surface area (Å²) in [4.78, 5) is 12.8. The fourth-order valence-electron chi connectivity index (χ4n) is 2.58. The number of nitrogens with two attached hydrogens (primary N) is 1. The normalized spacial score (nSPS) is 11.6.